The molecule has 0 fully saturated rings. The number of amides is 1. The van der Waals surface area contributed by atoms with Crippen LogP contribution in [0.5, 0.6) is 11.5 Å². The summed E-state index contributed by atoms with van der Waals surface area (Å²) in [6.45, 7) is 2.03. The van der Waals surface area contributed by atoms with Crippen LogP contribution in [-0.2, 0) is 11.2 Å². The Morgan fingerprint density at radius 3 is 2.38 bits per heavy atom. The maximum absolute atomic E-state index is 11.9. The standard InChI is InChI=1S/C17H19NO3/c1-3-13-6-4-5-7-16(13)18-17(19)12-21-15-10-8-14(20-2)9-11-15/h4-11H,3,12H2,1-2H3,(H,18,19). The van der Waals surface area contributed by atoms with Gasteiger partial charge in [-0.25, -0.2) is 0 Å². The van der Waals surface area contributed by atoms with Gasteiger partial charge in [0, 0.05) is 5.69 Å². The fourth-order valence-electron chi connectivity index (χ4n) is 1.96. The predicted molar refractivity (Wildman–Crippen MR) is 82.9 cm³/mol. The highest BCUT2D eigenvalue weighted by Crippen LogP contribution is 2.18. The van der Waals surface area contributed by atoms with Crippen molar-refractivity contribution < 1.29 is 14.3 Å². The number of hydrogen-bond acceptors (Lipinski definition) is 3. The lowest BCUT2D eigenvalue weighted by atomic mass is 10.1. The highest BCUT2D eigenvalue weighted by molar-refractivity contribution is 5.92. The maximum Gasteiger partial charge on any atom is 0.262 e. The van der Waals surface area contributed by atoms with Crippen molar-refractivity contribution in [2.75, 3.05) is 19.0 Å². The minimum atomic E-state index is -0.174. The van der Waals surface area contributed by atoms with Gasteiger partial charge in [0.15, 0.2) is 6.61 Å². The number of aryl methyl sites for hydroxylation is 1. The van der Waals surface area contributed by atoms with Crippen LogP contribution < -0.4 is 14.8 Å². The van der Waals surface area contributed by atoms with Gasteiger partial charge in [-0.2, -0.15) is 0 Å². The molecule has 2 aromatic carbocycles. The summed E-state index contributed by atoms with van der Waals surface area (Å²) in [7, 11) is 1.61. The zero-order valence-corrected chi connectivity index (χ0v) is 12.3. The van der Waals surface area contributed by atoms with Gasteiger partial charge in [0.1, 0.15) is 11.5 Å². The van der Waals surface area contributed by atoms with E-state index in [2.05, 4.69) is 12.2 Å². The van der Waals surface area contributed by atoms with Gasteiger partial charge in [-0.1, -0.05) is 25.1 Å². The Labute approximate surface area is 124 Å². The molecule has 0 unspecified atom stereocenters. The monoisotopic (exact) mass is 285 g/mol. The summed E-state index contributed by atoms with van der Waals surface area (Å²) in [5, 5.41) is 2.87. The van der Waals surface area contributed by atoms with Gasteiger partial charge in [-0.05, 0) is 42.3 Å². The molecule has 21 heavy (non-hydrogen) atoms. The van der Waals surface area contributed by atoms with Crippen molar-refractivity contribution in [3.8, 4) is 11.5 Å². The van der Waals surface area contributed by atoms with E-state index in [1.54, 1.807) is 31.4 Å². The summed E-state index contributed by atoms with van der Waals surface area (Å²) < 4.78 is 10.5. The van der Waals surface area contributed by atoms with Crippen LogP contribution in [0.15, 0.2) is 48.5 Å². The van der Waals surface area contributed by atoms with Crippen molar-refractivity contribution in [2.45, 2.75) is 13.3 Å². The van der Waals surface area contributed by atoms with Crippen LogP contribution in [0.3, 0.4) is 0 Å². The van der Waals surface area contributed by atoms with Crippen LogP contribution in [0, 0.1) is 0 Å². The van der Waals surface area contributed by atoms with Crippen LogP contribution in [-0.4, -0.2) is 19.6 Å². The minimum absolute atomic E-state index is 0.0234. The van der Waals surface area contributed by atoms with E-state index in [9.17, 15) is 4.79 Å². The molecule has 0 saturated heterocycles. The summed E-state index contributed by atoms with van der Waals surface area (Å²) in [5.74, 6) is 1.21. The average molecular weight is 285 g/mol. The van der Waals surface area contributed by atoms with Crippen molar-refractivity contribution in [2.24, 2.45) is 0 Å². The summed E-state index contributed by atoms with van der Waals surface area (Å²) >= 11 is 0. The summed E-state index contributed by atoms with van der Waals surface area (Å²) in [6, 6.07) is 14.9. The van der Waals surface area contributed by atoms with Gasteiger partial charge in [0.25, 0.3) is 5.91 Å². The average Bonchev–Trinajstić information content (AvgIpc) is 2.54. The fraction of sp³-hybridized carbons (Fsp3) is 0.235. The third-order valence-electron chi connectivity index (χ3n) is 3.10. The normalized spacial score (nSPS) is 10.0. The van der Waals surface area contributed by atoms with E-state index in [1.165, 1.54) is 0 Å². The molecule has 0 saturated carbocycles. The number of hydrogen-bond donors (Lipinski definition) is 1. The number of para-hydroxylation sites is 1. The first-order valence-corrected chi connectivity index (χ1v) is 6.87. The summed E-state index contributed by atoms with van der Waals surface area (Å²) in [5.41, 5.74) is 1.94. The Kier molecular flexibility index (Phi) is 5.21. The molecule has 2 rings (SSSR count). The highest BCUT2D eigenvalue weighted by atomic mass is 16.5. The van der Waals surface area contributed by atoms with Gasteiger partial charge in [0.05, 0.1) is 7.11 Å². The highest BCUT2D eigenvalue weighted by Gasteiger charge is 2.06. The number of nitrogens with one attached hydrogen (secondary N) is 1. The smallest absolute Gasteiger partial charge is 0.262 e. The molecule has 0 bridgehead atoms. The van der Waals surface area contributed by atoms with E-state index in [1.807, 2.05) is 24.3 Å². The van der Waals surface area contributed by atoms with E-state index >= 15 is 0 Å². The number of anilines is 1. The van der Waals surface area contributed by atoms with E-state index in [4.69, 9.17) is 9.47 Å². The van der Waals surface area contributed by atoms with E-state index in [0.717, 1.165) is 23.4 Å². The molecule has 0 radical (unpaired) electrons. The second-order valence-corrected chi connectivity index (χ2v) is 4.52. The van der Waals surface area contributed by atoms with Gasteiger partial charge in [-0.3, -0.25) is 4.79 Å². The summed E-state index contributed by atoms with van der Waals surface area (Å²) in [4.78, 5) is 11.9. The van der Waals surface area contributed by atoms with Crippen LogP contribution in [0.2, 0.25) is 0 Å². The third kappa shape index (κ3) is 4.24. The fourth-order valence-corrected chi connectivity index (χ4v) is 1.96. The Morgan fingerprint density at radius 1 is 1.05 bits per heavy atom. The molecular formula is C17H19NO3. The van der Waals surface area contributed by atoms with Crippen molar-refractivity contribution in [3.63, 3.8) is 0 Å². The van der Waals surface area contributed by atoms with Crippen molar-refractivity contribution in [1.82, 2.24) is 0 Å². The van der Waals surface area contributed by atoms with Gasteiger partial charge in [0.2, 0.25) is 0 Å². The zero-order valence-electron chi connectivity index (χ0n) is 12.3. The number of ether oxygens (including phenoxy) is 2. The van der Waals surface area contributed by atoms with E-state index in [0.29, 0.717) is 5.75 Å². The van der Waals surface area contributed by atoms with Crippen molar-refractivity contribution in [3.05, 3.63) is 54.1 Å². The van der Waals surface area contributed by atoms with Crippen molar-refractivity contribution >= 4 is 11.6 Å². The first-order chi connectivity index (χ1) is 10.2. The quantitative estimate of drug-likeness (QED) is 0.886. The molecule has 0 atom stereocenters. The first-order valence-electron chi connectivity index (χ1n) is 6.87. The SMILES string of the molecule is CCc1ccccc1NC(=O)COc1ccc(OC)cc1. The number of carbonyl (C=O) groups is 1. The van der Waals surface area contributed by atoms with Crippen LogP contribution >= 0.6 is 0 Å². The molecule has 0 spiro atoms. The zero-order chi connectivity index (χ0) is 15.1. The second kappa shape index (κ2) is 7.33. The molecule has 0 aliphatic heterocycles. The maximum atomic E-state index is 11.9. The lowest BCUT2D eigenvalue weighted by molar-refractivity contribution is -0.118. The minimum Gasteiger partial charge on any atom is -0.497 e. The largest absolute Gasteiger partial charge is 0.497 e. The third-order valence-corrected chi connectivity index (χ3v) is 3.10. The first kappa shape index (κ1) is 14.9. The number of methoxy groups -OCH3 is 1. The molecular weight excluding hydrogens is 266 g/mol. The molecule has 2 aromatic rings. The van der Waals surface area contributed by atoms with Gasteiger partial charge in [-0.15, -0.1) is 0 Å². The number of carbonyl (C=O) groups excluding carboxylic acids is 1. The molecule has 1 amide bonds. The Hall–Kier alpha value is -2.49. The predicted octanol–water partition coefficient (Wildman–Crippen LogP) is 3.28. The number of benzene rings is 2. The van der Waals surface area contributed by atoms with Crippen LogP contribution in [0.1, 0.15) is 12.5 Å². The lowest BCUT2D eigenvalue weighted by Crippen LogP contribution is -2.20. The molecule has 110 valence electrons. The Bertz CT molecular complexity index is 593. The summed E-state index contributed by atoms with van der Waals surface area (Å²) in [6.07, 6.45) is 0.871. The lowest BCUT2D eigenvalue weighted by Gasteiger charge is -2.10. The van der Waals surface area contributed by atoms with Gasteiger partial charge < -0.3 is 14.8 Å². The molecule has 0 aliphatic rings. The van der Waals surface area contributed by atoms with Gasteiger partial charge >= 0.3 is 0 Å². The Balaban J connectivity index is 1.89. The Morgan fingerprint density at radius 2 is 1.71 bits per heavy atom. The molecule has 1 N–H and O–H groups in total. The molecule has 0 aliphatic carbocycles. The second-order valence-electron chi connectivity index (χ2n) is 4.52. The molecule has 4 nitrogen and oxygen atoms in total. The molecule has 0 heterocycles. The van der Waals surface area contributed by atoms with E-state index < -0.39 is 0 Å². The van der Waals surface area contributed by atoms with Crippen molar-refractivity contribution in [1.29, 1.82) is 0 Å². The molecule has 0 aromatic heterocycles. The topological polar surface area (TPSA) is 47.6 Å². The van der Waals surface area contributed by atoms with E-state index in [-0.39, 0.29) is 12.5 Å². The van der Waals surface area contributed by atoms with Crippen LogP contribution in [0.4, 0.5) is 5.69 Å². The van der Waals surface area contributed by atoms with Crippen LogP contribution in [0.25, 0.3) is 0 Å². The molecule has 4 heteroatoms. The number of rotatable bonds is 6.